The summed E-state index contributed by atoms with van der Waals surface area (Å²) in [5, 5.41) is 3.40. The zero-order valence-corrected chi connectivity index (χ0v) is 17.3. The third kappa shape index (κ3) is 5.11. The number of nitrogens with zero attached hydrogens (tertiary/aromatic N) is 4. The SMILES string of the molecule is Cc1cc(C)cc(OCCN(C)C(=O)CN2CCNCC2c2nccn2C)c1. The van der Waals surface area contributed by atoms with Crippen LogP contribution >= 0.6 is 0 Å². The first-order valence-corrected chi connectivity index (χ1v) is 9.81. The summed E-state index contributed by atoms with van der Waals surface area (Å²) in [4.78, 5) is 21.2. The molecule has 7 nitrogen and oxygen atoms in total. The number of hydrogen-bond donors (Lipinski definition) is 1. The number of rotatable bonds is 7. The molecule has 0 bridgehead atoms. The Hall–Kier alpha value is -2.38. The lowest BCUT2D eigenvalue weighted by atomic mass is 10.1. The van der Waals surface area contributed by atoms with Crippen LogP contribution in [0.1, 0.15) is 23.0 Å². The van der Waals surface area contributed by atoms with Crippen LogP contribution < -0.4 is 10.1 Å². The van der Waals surface area contributed by atoms with E-state index in [2.05, 4.69) is 35.1 Å². The van der Waals surface area contributed by atoms with E-state index < -0.39 is 0 Å². The van der Waals surface area contributed by atoms with Gasteiger partial charge in [-0.1, -0.05) is 6.07 Å². The number of benzene rings is 1. The van der Waals surface area contributed by atoms with Crippen LogP contribution in [0.5, 0.6) is 5.75 Å². The molecule has 2 heterocycles. The van der Waals surface area contributed by atoms with Crippen LogP contribution in [0.15, 0.2) is 30.6 Å². The summed E-state index contributed by atoms with van der Waals surface area (Å²) in [6.45, 7) is 8.06. The van der Waals surface area contributed by atoms with Crippen molar-refractivity contribution in [2.24, 2.45) is 7.05 Å². The molecule has 2 aromatic rings. The van der Waals surface area contributed by atoms with Gasteiger partial charge in [-0.05, 0) is 37.1 Å². The van der Waals surface area contributed by atoms with E-state index in [1.54, 1.807) is 11.1 Å². The van der Waals surface area contributed by atoms with E-state index in [0.29, 0.717) is 19.7 Å². The van der Waals surface area contributed by atoms with E-state index in [1.807, 2.05) is 37.0 Å². The van der Waals surface area contributed by atoms with E-state index >= 15 is 0 Å². The zero-order valence-electron chi connectivity index (χ0n) is 17.3. The predicted molar refractivity (Wildman–Crippen MR) is 109 cm³/mol. The molecular weight excluding hydrogens is 354 g/mol. The number of carbonyl (C=O) groups excluding carboxylic acids is 1. The minimum absolute atomic E-state index is 0.102. The topological polar surface area (TPSA) is 62.6 Å². The molecule has 0 aliphatic carbocycles. The summed E-state index contributed by atoms with van der Waals surface area (Å²) in [5.41, 5.74) is 2.36. The van der Waals surface area contributed by atoms with Gasteiger partial charge < -0.3 is 19.5 Å². The molecule has 0 spiro atoms. The molecule has 1 saturated heterocycles. The number of aromatic nitrogens is 2. The Morgan fingerprint density at radius 2 is 2.07 bits per heavy atom. The Morgan fingerprint density at radius 3 is 2.75 bits per heavy atom. The van der Waals surface area contributed by atoms with Crippen molar-refractivity contribution in [3.63, 3.8) is 0 Å². The molecule has 1 aliphatic heterocycles. The van der Waals surface area contributed by atoms with Gasteiger partial charge >= 0.3 is 0 Å². The molecule has 152 valence electrons. The van der Waals surface area contributed by atoms with Gasteiger partial charge in [0.2, 0.25) is 5.91 Å². The molecule has 1 aromatic heterocycles. The van der Waals surface area contributed by atoms with Gasteiger partial charge in [-0.3, -0.25) is 9.69 Å². The standard InChI is InChI=1S/C21H31N5O2/c1-16-11-17(2)13-18(12-16)28-10-9-24(3)20(27)15-26-8-5-22-14-19(26)21-23-6-7-25(21)4/h6-7,11-13,19,22H,5,8-10,14-15H2,1-4H3. The van der Waals surface area contributed by atoms with E-state index in [4.69, 9.17) is 4.74 Å². The third-order valence-electron chi connectivity index (χ3n) is 5.17. The molecule has 1 N–H and O–H groups in total. The largest absolute Gasteiger partial charge is 0.492 e. The van der Waals surface area contributed by atoms with Gasteiger partial charge in [0.15, 0.2) is 0 Å². The summed E-state index contributed by atoms with van der Waals surface area (Å²) in [5.74, 6) is 1.95. The van der Waals surface area contributed by atoms with Gasteiger partial charge in [0, 0.05) is 46.1 Å². The molecule has 0 radical (unpaired) electrons. The van der Waals surface area contributed by atoms with E-state index in [0.717, 1.165) is 31.2 Å². The number of piperazine rings is 1. The Balaban J connectivity index is 1.52. The van der Waals surface area contributed by atoms with Gasteiger partial charge in [0.25, 0.3) is 0 Å². The van der Waals surface area contributed by atoms with Crippen molar-refractivity contribution in [1.29, 1.82) is 0 Å². The Kier molecular flexibility index (Phi) is 6.70. The summed E-state index contributed by atoms with van der Waals surface area (Å²) in [6.07, 6.45) is 3.75. The normalized spacial score (nSPS) is 17.5. The molecule has 7 heteroatoms. The van der Waals surface area contributed by atoms with Crippen LogP contribution in [0.3, 0.4) is 0 Å². The highest BCUT2D eigenvalue weighted by Gasteiger charge is 2.28. The minimum atomic E-state index is 0.102. The first-order chi connectivity index (χ1) is 13.4. The smallest absolute Gasteiger partial charge is 0.236 e. The molecule has 1 atom stereocenters. The van der Waals surface area contributed by atoms with Crippen LogP contribution in [-0.2, 0) is 11.8 Å². The van der Waals surface area contributed by atoms with Crippen LogP contribution in [0.4, 0.5) is 0 Å². The fourth-order valence-electron chi connectivity index (χ4n) is 3.62. The lowest BCUT2D eigenvalue weighted by Crippen LogP contribution is -2.50. The number of amides is 1. The van der Waals surface area contributed by atoms with Crippen molar-refractivity contribution in [2.75, 3.05) is 46.4 Å². The van der Waals surface area contributed by atoms with Crippen LogP contribution in [0, 0.1) is 13.8 Å². The average Bonchev–Trinajstić information content (AvgIpc) is 3.07. The van der Waals surface area contributed by atoms with Gasteiger partial charge in [-0.2, -0.15) is 0 Å². The average molecular weight is 386 g/mol. The number of carbonyl (C=O) groups is 1. The number of imidazole rings is 1. The second-order valence-electron chi connectivity index (χ2n) is 7.57. The maximum atomic E-state index is 12.7. The van der Waals surface area contributed by atoms with Gasteiger partial charge in [-0.25, -0.2) is 4.98 Å². The summed E-state index contributed by atoms with van der Waals surface area (Å²) < 4.78 is 7.87. The summed E-state index contributed by atoms with van der Waals surface area (Å²) in [7, 11) is 3.83. The van der Waals surface area contributed by atoms with Gasteiger partial charge in [0.1, 0.15) is 18.2 Å². The molecule has 1 unspecified atom stereocenters. The van der Waals surface area contributed by atoms with Crippen molar-refractivity contribution < 1.29 is 9.53 Å². The van der Waals surface area contributed by atoms with Gasteiger partial charge in [0.05, 0.1) is 19.1 Å². The monoisotopic (exact) mass is 385 g/mol. The van der Waals surface area contributed by atoms with Crippen molar-refractivity contribution in [3.05, 3.63) is 47.5 Å². The maximum absolute atomic E-state index is 12.7. The van der Waals surface area contributed by atoms with E-state index in [1.165, 1.54) is 11.1 Å². The number of aryl methyl sites for hydroxylation is 3. The number of ether oxygens (including phenoxy) is 1. The predicted octanol–water partition coefficient (Wildman–Crippen LogP) is 1.52. The minimum Gasteiger partial charge on any atom is -0.492 e. The zero-order chi connectivity index (χ0) is 20.1. The van der Waals surface area contributed by atoms with Crippen molar-refractivity contribution in [2.45, 2.75) is 19.9 Å². The summed E-state index contributed by atoms with van der Waals surface area (Å²) in [6, 6.07) is 6.27. The Bertz CT molecular complexity index is 784. The van der Waals surface area contributed by atoms with Crippen molar-refractivity contribution >= 4 is 5.91 Å². The Morgan fingerprint density at radius 1 is 1.32 bits per heavy atom. The van der Waals surface area contributed by atoms with Crippen molar-refractivity contribution in [3.8, 4) is 5.75 Å². The molecule has 0 saturated carbocycles. The van der Waals surface area contributed by atoms with Crippen LogP contribution in [0.2, 0.25) is 0 Å². The van der Waals surface area contributed by atoms with Crippen LogP contribution in [-0.4, -0.2) is 71.6 Å². The number of likely N-dealkylation sites (N-methyl/N-ethyl adjacent to an activating group) is 1. The molecule has 1 aliphatic rings. The molecular formula is C21H31N5O2. The molecule has 3 rings (SSSR count). The highest BCUT2D eigenvalue weighted by atomic mass is 16.5. The highest BCUT2D eigenvalue weighted by molar-refractivity contribution is 5.78. The van der Waals surface area contributed by atoms with Crippen LogP contribution in [0.25, 0.3) is 0 Å². The number of hydrogen-bond acceptors (Lipinski definition) is 5. The molecule has 28 heavy (non-hydrogen) atoms. The second kappa shape index (κ2) is 9.21. The first-order valence-electron chi connectivity index (χ1n) is 9.81. The lowest BCUT2D eigenvalue weighted by Gasteiger charge is -2.36. The Labute approximate surface area is 167 Å². The quantitative estimate of drug-likeness (QED) is 0.783. The highest BCUT2D eigenvalue weighted by Crippen LogP contribution is 2.20. The van der Waals surface area contributed by atoms with Crippen molar-refractivity contribution in [1.82, 2.24) is 24.7 Å². The first kappa shape index (κ1) is 20.4. The lowest BCUT2D eigenvalue weighted by molar-refractivity contribution is -0.132. The number of nitrogens with one attached hydrogen (secondary N) is 1. The maximum Gasteiger partial charge on any atom is 0.236 e. The third-order valence-corrected chi connectivity index (χ3v) is 5.17. The van der Waals surface area contributed by atoms with Gasteiger partial charge in [-0.15, -0.1) is 0 Å². The fourth-order valence-corrected chi connectivity index (χ4v) is 3.62. The molecule has 1 aromatic carbocycles. The molecule has 1 fully saturated rings. The summed E-state index contributed by atoms with van der Waals surface area (Å²) >= 11 is 0. The molecule has 1 amide bonds. The second-order valence-corrected chi connectivity index (χ2v) is 7.57. The van der Waals surface area contributed by atoms with E-state index in [-0.39, 0.29) is 11.9 Å². The van der Waals surface area contributed by atoms with E-state index in [9.17, 15) is 4.79 Å². The fraction of sp³-hybridized carbons (Fsp3) is 0.524.